The van der Waals surface area contributed by atoms with E-state index in [1.54, 1.807) is 43.5 Å². The summed E-state index contributed by atoms with van der Waals surface area (Å²) in [6.45, 7) is 2.00. The summed E-state index contributed by atoms with van der Waals surface area (Å²) in [6, 6.07) is 21.0. The van der Waals surface area contributed by atoms with Crippen LogP contribution >= 0.6 is 11.3 Å². The summed E-state index contributed by atoms with van der Waals surface area (Å²) in [5, 5.41) is 14.3. The molecule has 0 radical (unpaired) electrons. The quantitative estimate of drug-likeness (QED) is 0.292. The number of nitrogens with one attached hydrogen (secondary N) is 1. The number of carbonyl (C=O) groups excluding carboxylic acids is 1. The molecule has 8 heteroatoms. The molecule has 0 spiro atoms. The van der Waals surface area contributed by atoms with Crippen molar-refractivity contribution in [3.63, 3.8) is 0 Å². The molecule has 0 saturated heterocycles. The zero-order chi connectivity index (χ0) is 22.7. The molecular weight excluding hydrogens is 426 g/mol. The number of rotatable bonds is 6. The third kappa shape index (κ3) is 4.50. The molecule has 0 fully saturated rings. The van der Waals surface area contributed by atoms with Gasteiger partial charge in [-0.05, 0) is 48.9 Å². The number of aryl methyl sites for hydroxylation is 1. The number of nitrogens with zero attached hydrogens (tertiary/aromatic N) is 2. The molecular formula is C24H19N3O4S. The first-order chi connectivity index (χ1) is 15.4. The minimum Gasteiger partial charge on any atom is -0.497 e. The lowest BCUT2D eigenvalue weighted by molar-refractivity contribution is -0.384. The molecule has 160 valence electrons. The average molecular weight is 446 g/mol. The van der Waals surface area contributed by atoms with Crippen LogP contribution in [0.3, 0.4) is 0 Å². The minimum absolute atomic E-state index is 0.0168. The van der Waals surface area contributed by atoms with E-state index in [0.29, 0.717) is 22.1 Å². The van der Waals surface area contributed by atoms with Crippen LogP contribution in [0.5, 0.6) is 5.75 Å². The van der Waals surface area contributed by atoms with Crippen molar-refractivity contribution in [3.8, 4) is 27.4 Å². The van der Waals surface area contributed by atoms with Crippen molar-refractivity contribution in [2.45, 2.75) is 6.92 Å². The Labute approximate surface area is 188 Å². The predicted molar refractivity (Wildman–Crippen MR) is 125 cm³/mol. The highest BCUT2D eigenvalue weighted by atomic mass is 32.1. The molecule has 7 nitrogen and oxygen atoms in total. The fourth-order valence-electron chi connectivity index (χ4n) is 3.12. The molecule has 4 aromatic rings. The second kappa shape index (κ2) is 8.99. The number of nitro benzene ring substituents is 1. The number of aromatic nitrogens is 1. The van der Waals surface area contributed by atoms with Gasteiger partial charge in [0.05, 0.1) is 22.6 Å². The van der Waals surface area contributed by atoms with E-state index >= 15 is 0 Å². The normalized spacial score (nSPS) is 10.6. The number of anilines is 1. The van der Waals surface area contributed by atoms with Crippen molar-refractivity contribution in [1.29, 1.82) is 0 Å². The fraction of sp³-hybridized carbons (Fsp3) is 0.0833. The van der Waals surface area contributed by atoms with Crippen molar-refractivity contribution in [3.05, 3.63) is 94.0 Å². The molecule has 4 rings (SSSR count). The number of amides is 1. The average Bonchev–Trinajstić information content (AvgIpc) is 3.23. The number of nitro groups is 1. The Bertz CT molecular complexity index is 1260. The van der Waals surface area contributed by atoms with Gasteiger partial charge >= 0.3 is 0 Å². The number of carbonyl (C=O) groups is 1. The number of hydrogen-bond acceptors (Lipinski definition) is 6. The van der Waals surface area contributed by atoms with Crippen LogP contribution in [-0.4, -0.2) is 22.9 Å². The molecule has 0 aliphatic carbocycles. The summed E-state index contributed by atoms with van der Waals surface area (Å²) in [5.74, 6) is 0.380. The maximum atomic E-state index is 12.7. The van der Waals surface area contributed by atoms with Gasteiger partial charge in [-0.25, -0.2) is 4.98 Å². The van der Waals surface area contributed by atoms with E-state index in [1.165, 1.54) is 23.5 Å². The van der Waals surface area contributed by atoms with E-state index in [0.717, 1.165) is 21.6 Å². The number of methoxy groups -OCH3 is 1. The molecule has 32 heavy (non-hydrogen) atoms. The predicted octanol–water partition coefficient (Wildman–Crippen LogP) is 5.95. The smallest absolute Gasteiger partial charge is 0.269 e. The molecule has 1 amide bonds. The Morgan fingerprint density at radius 3 is 2.19 bits per heavy atom. The topological polar surface area (TPSA) is 94.4 Å². The van der Waals surface area contributed by atoms with Crippen LogP contribution in [0.1, 0.15) is 15.9 Å². The molecule has 0 aliphatic heterocycles. The Morgan fingerprint density at radius 2 is 1.59 bits per heavy atom. The van der Waals surface area contributed by atoms with Gasteiger partial charge in [0, 0.05) is 23.3 Å². The highest BCUT2D eigenvalue weighted by Gasteiger charge is 2.18. The third-order valence-corrected chi connectivity index (χ3v) is 5.89. The van der Waals surface area contributed by atoms with Crippen molar-refractivity contribution in [2.24, 2.45) is 0 Å². The van der Waals surface area contributed by atoms with Crippen LogP contribution < -0.4 is 10.1 Å². The van der Waals surface area contributed by atoms with Crippen molar-refractivity contribution >= 4 is 28.1 Å². The van der Waals surface area contributed by atoms with Gasteiger partial charge in [0.1, 0.15) is 5.75 Å². The molecule has 0 unspecified atom stereocenters. The first-order valence-corrected chi connectivity index (χ1v) is 10.5. The van der Waals surface area contributed by atoms with Gasteiger partial charge in [0.2, 0.25) is 0 Å². The maximum Gasteiger partial charge on any atom is 0.269 e. The first kappa shape index (κ1) is 21.2. The van der Waals surface area contributed by atoms with Gasteiger partial charge in [-0.2, -0.15) is 0 Å². The number of thiazole rings is 1. The van der Waals surface area contributed by atoms with E-state index in [9.17, 15) is 14.9 Å². The standard InChI is InChI=1S/C24H19N3O4S/c1-15-3-5-16(6-4-15)21-22(17-7-11-19(12-8-17)27(29)30)32-24(25-21)26-23(28)18-9-13-20(31-2)14-10-18/h3-14H,1-2H3,(H,25,26,28). The molecule has 0 atom stereocenters. The van der Waals surface area contributed by atoms with Crippen molar-refractivity contribution in [1.82, 2.24) is 4.98 Å². The number of non-ortho nitro benzene ring substituents is 1. The summed E-state index contributed by atoms with van der Waals surface area (Å²) in [4.78, 5) is 28.8. The Kier molecular flexibility index (Phi) is 5.96. The molecule has 0 aliphatic rings. The lowest BCUT2D eigenvalue weighted by Gasteiger charge is -2.03. The van der Waals surface area contributed by atoms with Gasteiger partial charge in [0.15, 0.2) is 5.13 Å². The first-order valence-electron chi connectivity index (χ1n) is 9.72. The van der Waals surface area contributed by atoms with Crippen LogP contribution in [0.15, 0.2) is 72.8 Å². The highest BCUT2D eigenvalue weighted by molar-refractivity contribution is 7.19. The number of hydrogen-bond donors (Lipinski definition) is 1. The fourth-order valence-corrected chi connectivity index (χ4v) is 4.11. The minimum atomic E-state index is -0.433. The Hall–Kier alpha value is -4.04. The molecule has 3 aromatic carbocycles. The zero-order valence-electron chi connectivity index (χ0n) is 17.4. The molecule has 1 heterocycles. The third-order valence-electron chi connectivity index (χ3n) is 4.87. The van der Waals surface area contributed by atoms with Gasteiger partial charge in [-0.3, -0.25) is 20.2 Å². The van der Waals surface area contributed by atoms with Crippen LogP contribution in [0.4, 0.5) is 10.8 Å². The lowest BCUT2D eigenvalue weighted by atomic mass is 10.1. The SMILES string of the molecule is COc1ccc(C(=O)Nc2nc(-c3ccc(C)cc3)c(-c3ccc([N+](=O)[O-])cc3)s2)cc1. The van der Waals surface area contributed by atoms with Crippen molar-refractivity contribution in [2.75, 3.05) is 12.4 Å². The van der Waals surface area contributed by atoms with E-state index < -0.39 is 4.92 Å². The van der Waals surface area contributed by atoms with Gasteiger partial charge in [0.25, 0.3) is 11.6 Å². The van der Waals surface area contributed by atoms with Gasteiger partial charge in [-0.1, -0.05) is 41.2 Å². The van der Waals surface area contributed by atoms with Crippen LogP contribution in [0.2, 0.25) is 0 Å². The van der Waals surface area contributed by atoms with Gasteiger partial charge < -0.3 is 4.74 Å². The van der Waals surface area contributed by atoms with Crippen molar-refractivity contribution < 1.29 is 14.5 Å². The number of benzene rings is 3. The van der Waals surface area contributed by atoms with Crippen LogP contribution in [-0.2, 0) is 0 Å². The molecule has 1 aromatic heterocycles. The highest BCUT2D eigenvalue weighted by Crippen LogP contribution is 2.39. The Balaban J connectivity index is 1.70. The molecule has 0 bridgehead atoms. The summed E-state index contributed by atoms with van der Waals surface area (Å²) in [7, 11) is 1.57. The monoisotopic (exact) mass is 445 g/mol. The summed E-state index contributed by atoms with van der Waals surface area (Å²) < 4.78 is 5.13. The van der Waals surface area contributed by atoms with E-state index in [1.807, 2.05) is 31.2 Å². The summed E-state index contributed by atoms with van der Waals surface area (Å²) in [5.41, 5.74) is 4.00. The molecule has 0 saturated carbocycles. The van der Waals surface area contributed by atoms with E-state index in [2.05, 4.69) is 10.3 Å². The van der Waals surface area contributed by atoms with Crippen LogP contribution in [0, 0.1) is 17.0 Å². The van der Waals surface area contributed by atoms with E-state index in [-0.39, 0.29) is 11.6 Å². The summed E-state index contributed by atoms with van der Waals surface area (Å²) in [6.07, 6.45) is 0. The van der Waals surface area contributed by atoms with Gasteiger partial charge in [-0.15, -0.1) is 0 Å². The second-order valence-corrected chi connectivity index (χ2v) is 8.05. The zero-order valence-corrected chi connectivity index (χ0v) is 18.2. The van der Waals surface area contributed by atoms with Crippen LogP contribution in [0.25, 0.3) is 21.7 Å². The molecule has 1 N–H and O–H groups in total. The summed E-state index contributed by atoms with van der Waals surface area (Å²) >= 11 is 1.32. The second-order valence-electron chi connectivity index (χ2n) is 7.05. The number of ether oxygens (including phenoxy) is 1. The lowest BCUT2D eigenvalue weighted by Crippen LogP contribution is -2.11. The Morgan fingerprint density at radius 1 is 0.969 bits per heavy atom. The largest absolute Gasteiger partial charge is 0.497 e. The maximum absolute atomic E-state index is 12.7. The van der Waals surface area contributed by atoms with E-state index in [4.69, 9.17) is 4.74 Å².